The average Bonchev–Trinajstić information content (AvgIpc) is 2.03. The summed E-state index contributed by atoms with van der Waals surface area (Å²) < 4.78 is 1.81. The summed E-state index contributed by atoms with van der Waals surface area (Å²) in [7, 11) is 0. The minimum atomic E-state index is -0.539. The van der Waals surface area contributed by atoms with E-state index in [9.17, 15) is 4.79 Å². The lowest BCUT2D eigenvalue weighted by atomic mass is 10.1. The van der Waals surface area contributed by atoms with E-state index in [4.69, 9.17) is 5.73 Å². The number of ketones is 1. The Morgan fingerprint density at radius 2 is 2.08 bits per heavy atom. The molecular weight excluding hydrogens is 298 g/mol. The van der Waals surface area contributed by atoms with Gasteiger partial charge in [0.1, 0.15) is 0 Å². The minimum absolute atomic E-state index is 0.0389. The van der Waals surface area contributed by atoms with E-state index in [2.05, 4.69) is 31.9 Å². The van der Waals surface area contributed by atoms with E-state index in [-0.39, 0.29) is 5.78 Å². The van der Waals surface area contributed by atoms with Crippen molar-refractivity contribution in [2.75, 3.05) is 0 Å². The molecule has 1 atom stereocenters. The zero-order valence-corrected chi connectivity index (χ0v) is 10.2. The average molecular weight is 307 g/mol. The summed E-state index contributed by atoms with van der Waals surface area (Å²) in [6, 6.07) is 5.03. The van der Waals surface area contributed by atoms with Crippen LogP contribution in [0.4, 0.5) is 0 Å². The Hall–Kier alpha value is -0.190. The molecule has 2 N–H and O–H groups in total. The highest BCUT2D eigenvalue weighted by Crippen LogP contribution is 2.26. The third kappa shape index (κ3) is 2.62. The van der Waals surface area contributed by atoms with Crippen molar-refractivity contribution in [1.29, 1.82) is 0 Å². The quantitative estimate of drug-likeness (QED) is 0.913. The van der Waals surface area contributed by atoms with Crippen molar-refractivity contribution in [2.24, 2.45) is 5.73 Å². The molecule has 0 fully saturated rings. The molecule has 1 aromatic carbocycles. The molecule has 0 aromatic heterocycles. The highest BCUT2D eigenvalue weighted by Gasteiger charge is 2.13. The lowest BCUT2D eigenvalue weighted by molar-refractivity contribution is -0.118. The molecule has 0 spiro atoms. The van der Waals surface area contributed by atoms with Gasteiger partial charge in [0.2, 0.25) is 0 Å². The van der Waals surface area contributed by atoms with Crippen molar-refractivity contribution in [3.05, 3.63) is 32.7 Å². The molecule has 0 bridgehead atoms. The zero-order valence-electron chi connectivity index (χ0n) is 7.05. The molecule has 0 aliphatic rings. The van der Waals surface area contributed by atoms with E-state index in [0.29, 0.717) is 0 Å². The lowest BCUT2D eigenvalue weighted by Crippen LogP contribution is -2.18. The smallest absolute Gasteiger partial charge is 0.151 e. The normalized spacial score (nSPS) is 12.6. The summed E-state index contributed by atoms with van der Waals surface area (Å²) in [5.74, 6) is -0.0389. The third-order valence-corrected chi connectivity index (χ3v) is 2.92. The number of hydrogen-bond acceptors (Lipinski definition) is 2. The predicted octanol–water partition coefficient (Wildman–Crippen LogP) is 2.80. The first kappa shape index (κ1) is 10.9. The molecule has 0 saturated carbocycles. The van der Waals surface area contributed by atoms with Crippen LogP contribution in [0.5, 0.6) is 0 Å². The summed E-state index contributed by atoms with van der Waals surface area (Å²) >= 11 is 6.68. The van der Waals surface area contributed by atoms with E-state index in [1.807, 2.05) is 18.2 Å². The molecule has 0 radical (unpaired) electrons. The van der Waals surface area contributed by atoms with Gasteiger partial charge in [0.15, 0.2) is 5.78 Å². The number of Topliss-reactive ketones (excluding diaryl/α,β-unsaturated/α-hetero) is 1. The molecule has 0 saturated heterocycles. The number of hydrogen-bond donors (Lipinski definition) is 1. The number of halogens is 2. The van der Waals surface area contributed by atoms with E-state index < -0.39 is 6.04 Å². The number of nitrogens with two attached hydrogens (primary N) is 1. The van der Waals surface area contributed by atoms with Gasteiger partial charge in [0.05, 0.1) is 6.04 Å². The van der Waals surface area contributed by atoms with Crippen LogP contribution in [0.2, 0.25) is 0 Å². The predicted molar refractivity (Wildman–Crippen MR) is 59.5 cm³/mol. The summed E-state index contributed by atoms with van der Waals surface area (Å²) in [6.45, 7) is 1.49. The molecule has 1 rings (SSSR count). The second-order valence-electron chi connectivity index (χ2n) is 2.75. The fourth-order valence-corrected chi connectivity index (χ4v) is 2.27. The minimum Gasteiger partial charge on any atom is -0.318 e. The Labute approximate surface area is 93.8 Å². The van der Waals surface area contributed by atoms with Crippen LogP contribution in [0.25, 0.3) is 0 Å². The monoisotopic (exact) mass is 305 g/mol. The standard InChI is InChI=1S/C9H9Br2NO/c1-5(13)9(12)7-3-2-6(10)4-8(7)11/h2-4,9H,12H2,1H3. The summed E-state index contributed by atoms with van der Waals surface area (Å²) in [5, 5.41) is 0. The first-order valence-corrected chi connectivity index (χ1v) is 5.32. The van der Waals surface area contributed by atoms with Gasteiger partial charge in [0, 0.05) is 8.95 Å². The van der Waals surface area contributed by atoms with Crippen molar-refractivity contribution in [3.63, 3.8) is 0 Å². The summed E-state index contributed by atoms with van der Waals surface area (Å²) in [5.41, 5.74) is 6.51. The second-order valence-corrected chi connectivity index (χ2v) is 4.52. The molecule has 0 amide bonds. The lowest BCUT2D eigenvalue weighted by Gasteiger charge is -2.10. The topological polar surface area (TPSA) is 43.1 Å². The van der Waals surface area contributed by atoms with Gasteiger partial charge in [-0.2, -0.15) is 0 Å². The van der Waals surface area contributed by atoms with E-state index in [1.165, 1.54) is 6.92 Å². The Morgan fingerprint density at radius 1 is 1.46 bits per heavy atom. The van der Waals surface area contributed by atoms with Crippen molar-refractivity contribution in [1.82, 2.24) is 0 Å². The van der Waals surface area contributed by atoms with Crippen LogP contribution in [0.3, 0.4) is 0 Å². The number of carbonyl (C=O) groups excluding carboxylic acids is 1. The molecule has 0 aliphatic heterocycles. The Balaban J connectivity index is 3.08. The number of benzene rings is 1. The third-order valence-electron chi connectivity index (χ3n) is 1.74. The maximum absolute atomic E-state index is 11.0. The van der Waals surface area contributed by atoms with Crippen molar-refractivity contribution in [3.8, 4) is 0 Å². The van der Waals surface area contributed by atoms with Crippen molar-refractivity contribution in [2.45, 2.75) is 13.0 Å². The molecule has 13 heavy (non-hydrogen) atoms. The number of carbonyl (C=O) groups is 1. The van der Waals surface area contributed by atoms with Gasteiger partial charge in [-0.1, -0.05) is 37.9 Å². The van der Waals surface area contributed by atoms with Crippen LogP contribution in [0.1, 0.15) is 18.5 Å². The van der Waals surface area contributed by atoms with Gasteiger partial charge in [-0.15, -0.1) is 0 Å². The van der Waals surface area contributed by atoms with E-state index in [0.717, 1.165) is 14.5 Å². The zero-order chi connectivity index (χ0) is 10.0. The SMILES string of the molecule is CC(=O)C(N)c1ccc(Br)cc1Br. The molecule has 4 heteroatoms. The summed E-state index contributed by atoms with van der Waals surface area (Å²) in [6.07, 6.45) is 0. The van der Waals surface area contributed by atoms with Crippen LogP contribution in [-0.2, 0) is 4.79 Å². The van der Waals surface area contributed by atoms with Gasteiger partial charge < -0.3 is 5.73 Å². The van der Waals surface area contributed by atoms with Crippen LogP contribution in [0.15, 0.2) is 27.1 Å². The van der Waals surface area contributed by atoms with Crippen molar-refractivity contribution < 1.29 is 4.79 Å². The van der Waals surface area contributed by atoms with Crippen LogP contribution < -0.4 is 5.73 Å². The Morgan fingerprint density at radius 3 is 2.54 bits per heavy atom. The van der Waals surface area contributed by atoms with Gasteiger partial charge in [-0.25, -0.2) is 0 Å². The molecule has 70 valence electrons. The van der Waals surface area contributed by atoms with E-state index in [1.54, 1.807) is 0 Å². The van der Waals surface area contributed by atoms with Crippen LogP contribution in [-0.4, -0.2) is 5.78 Å². The van der Waals surface area contributed by atoms with Gasteiger partial charge in [-0.05, 0) is 24.6 Å². The molecule has 1 unspecified atom stereocenters. The maximum Gasteiger partial charge on any atom is 0.151 e. The molecule has 0 heterocycles. The summed E-state index contributed by atoms with van der Waals surface area (Å²) in [4.78, 5) is 11.0. The van der Waals surface area contributed by atoms with Gasteiger partial charge >= 0.3 is 0 Å². The Bertz CT molecular complexity index is 338. The fraction of sp³-hybridized carbons (Fsp3) is 0.222. The molecular formula is C9H9Br2NO. The van der Waals surface area contributed by atoms with Crippen LogP contribution >= 0.6 is 31.9 Å². The van der Waals surface area contributed by atoms with E-state index >= 15 is 0 Å². The highest BCUT2D eigenvalue weighted by atomic mass is 79.9. The fourth-order valence-electron chi connectivity index (χ4n) is 0.973. The number of rotatable bonds is 2. The van der Waals surface area contributed by atoms with Crippen LogP contribution in [0, 0.1) is 0 Å². The molecule has 0 aliphatic carbocycles. The highest BCUT2D eigenvalue weighted by molar-refractivity contribution is 9.11. The molecule has 1 aromatic rings. The van der Waals surface area contributed by atoms with Crippen molar-refractivity contribution >= 4 is 37.6 Å². The first-order valence-electron chi connectivity index (χ1n) is 3.73. The molecule has 2 nitrogen and oxygen atoms in total. The Kier molecular flexibility index (Phi) is 3.64. The maximum atomic E-state index is 11.0. The second kappa shape index (κ2) is 4.35. The van der Waals surface area contributed by atoms with Gasteiger partial charge in [-0.3, -0.25) is 4.79 Å². The van der Waals surface area contributed by atoms with Gasteiger partial charge in [0.25, 0.3) is 0 Å². The first-order chi connectivity index (χ1) is 6.02. The largest absolute Gasteiger partial charge is 0.318 e.